The van der Waals surface area contributed by atoms with Gasteiger partial charge in [0.2, 0.25) is 10.0 Å². The summed E-state index contributed by atoms with van der Waals surface area (Å²) in [5.41, 5.74) is 6.58. The SMILES string of the molecule is CCCCN(C)S(=O)(=O)c1ccc(C(=O)Nc2sc3c(c2C(N)=O)CC(C)(C)NC3(C)C)cc1.Cl. The summed E-state index contributed by atoms with van der Waals surface area (Å²) in [4.78, 5) is 26.5. The van der Waals surface area contributed by atoms with Crippen LogP contribution >= 0.6 is 23.7 Å². The summed E-state index contributed by atoms with van der Waals surface area (Å²) < 4.78 is 26.8. The number of carbonyl (C=O) groups excluding carboxylic acids is 2. The van der Waals surface area contributed by atoms with E-state index in [1.807, 2.05) is 20.8 Å². The molecule has 11 heteroatoms. The number of nitrogens with two attached hydrogens (primary N) is 1. The molecule has 2 amide bonds. The fourth-order valence-electron chi connectivity index (χ4n) is 4.51. The molecule has 0 atom stereocenters. The van der Waals surface area contributed by atoms with Crippen LogP contribution in [0, 0.1) is 0 Å². The van der Waals surface area contributed by atoms with E-state index in [1.54, 1.807) is 7.05 Å². The van der Waals surface area contributed by atoms with Crippen molar-refractivity contribution in [1.29, 1.82) is 0 Å². The number of hydrogen-bond acceptors (Lipinski definition) is 6. The number of sulfonamides is 1. The van der Waals surface area contributed by atoms with Gasteiger partial charge in [-0.15, -0.1) is 23.7 Å². The fourth-order valence-corrected chi connectivity index (χ4v) is 7.00. The second-order valence-electron chi connectivity index (χ2n) is 9.95. The molecule has 1 aliphatic heterocycles. The van der Waals surface area contributed by atoms with Crippen molar-refractivity contribution in [2.75, 3.05) is 18.9 Å². The molecular weight excluding hydrogens is 508 g/mol. The van der Waals surface area contributed by atoms with Crippen LogP contribution in [0.2, 0.25) is 0 Å². The molecule has 0 spiro atoms. The zero-order chi connectivity index (χ0) is 25.5. The molecule has 0 bridgehead atoms. The molecule has 1 aromatic carbocycles. The molecule has 1 aromatic heterocycles. The molecule has 0 radical (unpaired) electrons. The lowest BCUT2D eigenvalue weighted by atomic mass is 9.81. The Labute approximate surface area is 218 Å². The molecule has 0 aliphatic carbocycles. The van der Waals surface area contributed by atoms with Crippen LogP contribution in [0.4, 0.5) is 5.00 Å². The number of unbranched alkanes of at least 4 members (excludes halogenated alkanes) is 1. The van der Waals surface area contributed by atoms with Crippen LogP contribution in [0.3, 0.4) is 0 Å². The summed E-state index contributed by atoms with van der Waals surface area (Å²) in [7, 11) is -2.07. The summed E-state index contributed by atoms with van der Waals surface area (Å²) >= 11 is 1.34. The topological polar surface area (TPSA) is 122 Å². The first kappa shape index (κ1) is 29.3. The van der Waals surface area contributed by atoms with Gasteiger partial charge in [0.25, 0.3) is 11.8 Å². The third kappa shape index (κ3) is 6.06. The number of carbonyl (C=O) groups is 2. The number of nitrogens with zero attached hydrogens (tertiary/aromatic N) is 1. The van der Waals surface area contributed by atoms with Crippen molar-refractivity contribution in [2.24, 2.45) is 5.73 Å². The second-order valence-corrected chi connectivity index (χ2v) is 13.0. The van der Waals surface area contributed by atoms with E-state index in [0.29, 0.717) is 23.5 Å². The van der Waals surface area contributed by atoms with Gasteiger partial charge in [0.1, 0.15) is 5.00 Å². The average Bonchev–Trinajstić information content (AvgIpc) is 3.09. The fraction of sp³-hybridized carbons (Fsp3) is 0.500. The van der Waals surface area contributed by atoms with E-state index in [1.165, 1.54) is 39.9 Å². The number of nitrogens with one attached hydrogen (secondary N) is 2. The maximum Gasteiger partial charge on any atom is 0.256 e. The number of thiophene rings is 1. The summed E-state index contributed by atoms with van der Waals surface area (Å²) in [6.07, 6.45) is 2.27. The van der Waals surface area contributed by atoms with E-state index < -0.39 is 27.4 Å². The first-order valence-electron chi connectivity index (χ1n) is 11.3. The highest BCUT2D eigenvalue weighted by atomic mass is 35.5. The smallest absolute Gasteiger partial charge is 0.256 e. The van der Waals surface area contributed by atoms with Gasteiger partial charge in [0.05, 0.1) is 10.5 Å². The Kier molecular flexibility index (Phi) is 8.82. The van der Waals surface area contributed by atoms with Crippen LogP contribution in [0.1, 0.15) is 78.6 Å². The van der Waals surface area contributed by atoms with Crippen LogP contribution in [-0.4, -0.2) is 43.7 Å². The molecule has 0 fully saturated rings. The number of fused-ring (bicyclic) bond motifs is 1. The number of rotatable bonds is 8. The lowest BCUT2D eigenvalue weighted by Crippen LogP contribution is -2.55. The number of amides is 2. The summed E-state index contributed by atoms with van der Waals surface area (Å²) in [5.74, 6) is -1.02. The highest BCUT2D eigenvalue weighted by Gasteiger charge is 2.41. The van der Waals surface area contributed by atoms with Gasteiger partial charge in [-0.2, -0.15) is 0 Å². The van der Waals surface area contributed by atoms with E-state index in [-0.39, 0.29) is 28.4 Å². The zero-order valence-electron chi connectivity index (χ0n) is 21.0. The van der Waals surface area contributed by atoms with Crippen molar-refractivity contribution in [3.63, 3.8) is 0 Å². The molecule has 0 saturated heterocycles. The third-order valence-electron chi connectivity index (χ3n) is 5.97. The van der Waals surface area contributed by atoms with Crippen molar-refractivity contribution in [3.8, 4) is 0 Å². The van der Waals surface area contributed by atoms with Gasteiger partial charge in [-0.25, -0.2) is 12.7 Å². The van der Waals surface area contributed by atoms with Crippen LogP contribution in [0.15, 0.2) is 29.2 Å². The van der Waals surface area contributed by atoms with Crippen LogP contribution in [0.25, 0.3) is 0 Å². The van der Waals surface area contributed by atoms with Crippen molar-refractivity contribution in [3.05, 3.63) is 45.8 Å². The first-order chi connectivity index (χ1) is 15.7. The monoisotopic (exact) mass is 542 g/mol. The number of primary amides is 1. The minimum absolute atomic E-state index is 0. The van der Waals surface area contributed by atoms with E-state index in [2.05, 4.69) is 24.5 Å². The first-order valence-corrected chi connectivity index (χ1v) is 13.6. The molecule has 4 N–H and O–H groups in total. The molecule has 0 unspecified atom stereocenters. The maximum atomic E-state index is 13.0. The number of anilines is 1. The molecule has 2 aromatic rings. The Hall–Kier alpha value is -1.98. The van der Waals surface area contributed by atoms with Gasteiger partial charge >= 0.3 is 0 Å². The van der Waals surface area contributed by atoms with Gasteiger partial charge in [0.15, 0.2) is 0 Å². The van der Waals surface area contributed by atoms with Gasteiger partial charge < -0.3 is 16.4 Å². The molecule has 2 heterocycles. The highest BCUT2D eigenvalue weighted by Crippen LogP contribution is 2.45. The summed E-state index contributed by atoms with van der Waals surface area (Å²) in [5, 5.41) is 6.82. The Morgan fingerprint density at radius 3 is 2.31 bits per heavy atom. The summed E-state index contributed by atoms with van der Waals surface area (Å²) in [6.45, 7) is 10.6. The summed E-state index contributed by atoms with van der Waals surface area (Å²) in [6, 6.07) is 5.80. The number of halogens is 1. The Morgan fingerprint density at radius 1 is 1.17 bits per heavy atom. The van der Waals surface area contributed by atoms with E-state index >= 15 is 0 Å². The van der Waals surface area contributed by atoms with Crippen molar-refractivity contribution in [2.45, 2.75) is 69.9 Å². The van der Waals surface area contributed by atoms with Crippen LogP contribution in [0.5, 0.6) is 0 Å². The Morgan fingerprint density at radius 2 is 1.77 bits per heavy atom. The molecular formula is C24H35ClN4O4S2. The zero-order valence-corrected chi connectivity index (χ0v) is 23.5. The molecule has 1 aliphatic rings. The molecule has 3 rings (SSSR count). The minimum Gasteiger partial charge on any atom is -0.365 e. The lowest BCUT2D eigenvalue weighted by Gasteiger charge is -2.42. The van der Waals surface area contributed by atoms with Crippen LogP contribution in [-0.2, 0) is 22.0 Å². The predicted molar refractivity (Wildman–Crippen MR) is 143 cm³/mol. The Balaban J connectivity index is 0.00000432. The predicted octanol–water partition coefficient (Wildman–Crippen LogP) is 4.10. The van der Waals surface area contributed by atoms with Crippen molar-refractivity contribution in [1.82, 2.24) is 9.62 Å². The number of benzene rings is 1. The lowest BCUT2D eigenvalue weighted by molar-refractivity contribution is 0.0999. The Bertz CT molecular complexity index is 1200. The van der Waals surface area contributed by atoms with Gasteiger partial charge in [0, 0.05) is 35.1 Å². The number of hydrogen-bond donors (Lipinski definition) is 3. The van der Waals surface area contributed by atoms with Gasteiger partial charge in [-0.3, -0.25) is 9.59 Å². The largest absolute Gasteiger partial charge is 0.365 e. The van der Waals surface area contributed by atoms with E-state index in [4.69, 9.17) is 5.73 Å². The van der Waals surface area contributed by atoms with E-state index in [9.17, 15) is 18.0 Å². The van der Waals surface area contributed by atoms with Crippen molar-refractivity contribution < 1.29 is 18.0 Å². The minimum atomic E-state index is -3.62. The standard InChI is InChI=1S/C24H34N4O4S2.ClH/c1-7-8-13-28(6)34(31,32)16-11-9-15(10-12-16)21(30)26-22-18(20(25)29)17-14-23(2,3)27-24(4,5)19(17)33-22;/h9-12,27H,7-8,13-14H2,1-6H3,(H2,25,29)(H,26,30);1H. The van der Waals surface area contributed by atoms with Crippen LogP contribution < -0.4 is 16.4 Å². The highest BCUT2D eigenvalue weighted by molar-refractivity contribution is 7.89. The molecule has 8 nitrogen and oxygen atoms in total. The van der Waals surface area contributed by atoms with E-state index in [0.717, 1.165) is 23.3 Å². The maximum absolute atomic E-state index is 13.0. The van der Waals surface area contributed by atoms with Gasteiger partial charge in [-0.05, 0) is 70.4 Å². The average molecular weight is 543 g/mol. The third-order valence-corrected chi connectivity index (χ3v) is 9.31. The quantitative estimate of drug-likeness (QED) is 0.463. The second kappa shape index (κ2) is 10.6. The van der Waals surface area contributed by atoms with Gasteiger partial charge in [-0.1, -0.05) is 13.3 Å². The molecule has 35 heavy (non-hydrogen) atoms. The van der Waals surface area contributed by atoms with Crippen molar-refractivity contribution >= 4 is 50.6 Å². The molecule has 0 saturated carbocycles. The normalized spacial score (nSPS) is 16.3. The molecule has 194 valence electrons.